The predicted molar refractivity (Wildman–Crippen MR) is 107 cm³/mol. The molecule has 0 saturated heterocycles. The zero-order valence-electron chi connectivity index (χ0n) is 14.7. The van der Waals surface area contributed by atoms with Crippen LogP contribution in [0, 0.1) is 0 Å². The van der Waals surface area contributed by atoms with Gasteiger partial charge in [-0.15, -0.1) is 0 Å². The van der Waals surface area contributed by atoms with Gasteiger partial charge in [0.15, 0.2) is 0 Å². The third kappa shape index (κ3) is 5.69. The van der Waals surface area contributed by atoms with Gasteiger partial charge in [0.1, 0.15) is 12.0 Å². The number of halogens is 3. The van der Waals surface area contributed by atoms with Crippen molar-refractivity contribution in [1.82, 2.24) is 5.43 Å². The number of amides is 1. The highest BCUT2D eigenvalue weighted by Crippen LogP contribution is 2.27. The van der Waals surface area contributed by atoms with E-state index in [-0.39, 0.29) is 22.1 Å². The Labute approximate surface area is 176 Å². The molecule has 0 bridgehead atoms. The van der Waals surface area contributed by atoms with Crippen LogP contribution in [0.1, 0.15) is 10.4 Å². The second-order valence-electron chi connectivity index (χ2n) is 5.16. The molecule has 2 N–H and O–H groups in total. The summed E-state index contributed by atoms with van der Waals surface area (Å²) in [5.41, 5.74) is 5.63. The highest BCUT2D eigenvalue weighted by molar-refractivity contribution is 6.36. The molecule has 7 nitrogen and oxygen atoms in total. The fourth-order valence-electron chi connectivity index (χ4n) is 1.99. The number of anilines is 1. The van der Waals surface area contributed by atoms with E-state index in [9.17, 15) is 9.59 Å². The molecule has 0 aliphatic carbocycles. The summed E-state index contributed by atoms with van der Waals surface area (Å²) in [6.07, 6.45) is 1.05. The van der Waals surface area contributed by atoms with Crippen LogP contribution in [0.2, 0.25) is 15.1 Å². The molecule has 0 atom stereocenters. The Balaban J connectivity index is 2.24. The van der Waals surface area contributed by atoms with E-state index in [2.05, 4.69) is 15.6 Å². The monoisotopic (exact) mass is 444 g/mol. The van der Waals surface area contributed by atoms with Crippen LogP contribution < -0.4 is 15.6 Å². The molecule has 0 aromatic heterocycles. The molecular weight excluding hydrogens is 431 g/mol. The first-order valence-electron chi connectivity index (χ1n) is 7.65. The van der Waals surface area contributed by atoms with Crippen LogP contribution in [0.25, 0.3) is 0 Å². The van der Waals surface area contributed by atoms with Crippen LogP contribution in [0.15, 0.2) is 48.4 Å². The van der Waals surface area contributed by atoms with E-state index < -0.39 is 11.9 Å². The third-order valence-corrected chi connectivity index (χ3v) is 4.04. The number of benzene rings is 2. The average Bonchev–Trinajstić information content (AvgIpc) is 2.67. The molecule has 0 fully saturated rings. The largest absolute Gasteiger partial charge is 0.500 e. The quantitative estimate of drug-likeness (QED) is 0.283. The van der Waals surface area contributed by atoms with Crippen molar-refractivity contribution in [3.05, 3.63) is 69.1 Å². The number of carbonyl (C=O) groups is 2. The molecule has 0 unspecified atom stereocenters. The number of ether oxygens (including phenoxy) is 3. The molecule has 0 heterocycles. The summed E-state index contributed by atoms with van der Waals surface area (Å²) < 4.78 is 14.9. The Hall–Kier alpha value is -2.61. The van der Waals surface area contributed by atoms with Crippen molar-refractivity contribution < 1.29 is 23.8 Å². The van der Waals surface area contributed by atoms with Crippen molar-refractivity contribution in [2.45, 2.75) is 0 Å². The van der Waals surface area contributed by atoms with Crippen molar-refractivity contribution in [1.29, 1.82) is 0 Å². The number of hydrazine groups is 1. The Morgan fingerprint density at radius 3 is 2.32 bits per heavy atom. The first-order chi connectivity index (χ1) is 13.3. The van der Waals surface area contributed by atoms with Gasteiger partial charge in [-0.25, -0.2) is 4.79 Å². The summed E-state index contributed by atoms with van der Waals surface area (Å²) in [6, 6.07) is 9.02. The van der Waals surface area contributed by atoms with Crippen molar-refractivity contribution >= 4 is 52.4 Å². The maximum absolute atomic E-state index is 12.6. The topological polar surface area (TPSA) is 85.9 Å². The van der Waals surface area contributed by atoms with Gasteiger partial charge in [-0.05, 0) is 36.4 Å². The molecule has 148 valence electrons. The van der Waals surface area contributed by atoms with Crippen molar-refractivity contribution in [2.24, 2.45) is 0 Å². The first-order valence-corrected chi connectivity index (χ1v) is 8.79. The van der Waals surface area contributed by atoms with Crippen LogP contribution in [0.3, 0.4) is 0 Å². The number of nitrogens with one attached hydrogen (secondary N) is 2. The second-order valence-corrected chi connectivity index (χ2v) is 6.44. The Kier molecular flexibility index (Phi) is 7.80. The van der Waals surface area contributed by atoms with Crippen LogP contribution >= 0.6 is 34.8 Å². The molecule has 0 saturated carbocycles. The van der Waals surface area contributed by atoms with Gasteiger partial charge in [-0.3, -0.25) is 15.6 Å². The van der Waals surface area contributed by atoms with Gasteiger partial charge < -0.3 is 14.2 Å². The highest BCUT2D eigenvalue weighted by atomic mass is 35.5. The van der Waals surface area contributed by atoms with E-state index in [0.717, 1.165) is 6.26 Å². The summed E-state index contributed by atoms with van der Waals surface area (Å²) in [7, 11) is 2.52. The van der Waals surface area contributed by atoms with E-state index >= 15 is 0 Å². The van der Waals surface area contributed by atoms with E-state index in [1.165, 1.54) is 38.5 Å². The summed E-state index contributed by atoms with van der Waals surface area (Å²) in [5, 5.41) is 1.05. The molecule has 2 aromatic rings. The lowest BCUT2D eigenvalue weighted by atomic mass is 10.2. The number of carbonyl (C=O) groups excluding carboxylic acids is 2. The van der Waals surface area contributed by atoms with Crippen molar-refractivity contribution in [3.63, 3.8) is 0 Å². The van der Waals surface area contributed by atoms with E-state index in [1.807, 2.05) is 0 Å². The maximum Gasteiger partial charge on any atom is 0.377 e. The SMILES string of the molecule is COC=C(Oc1ccc(Cl)cc1C(=O)NNc1ccc(Cl)cc1Cl)C(=O)OC. The Morgan fingerprint density at radius 1 is 1.00 bits per heavy atom. The lowest BCUT2D eigenvalue weighted by molar-refractivity contribution is -0.138. The second kappa shape index (κ2) is 10.1. The van der Waals surface area contributed by atoms with Crippen LogP contribution in [-0.2, 0) is 14.3 Å². The minimum absolute atomic E-state index is 0.0518. The van der Waals surface area contributed by atoms with Gasteiger partial charge in [0.05, 0.1) is 30.5 Å². The van der Waals surface area contributed by atoms with E-state index in [1.54, 1.807) is 12.1 Å². The molecule has 1 amide bonds. The number of hydrogen-bond acceptors (Lipinski definition) is 6. The van der Waals surface area contributed by atoms with Crippen molar-refractivity contribution in [2.75, 3.05) is 19.6 Å². The lowest BCUT2D eigenvalue weighted by Gasteiger charge is -2.14. The number of methoxy groups -OCH3 is 2. The van der Waals surface area contributed by atoms with Gasteiger partial charge >= 0.3 is 5.97 Å². The van der Waals surface area contributed by atoms with Gasteiger partial charge in [0.25, 0.3) is 5.91 Å². The molecule has 0 spiro atoms. The summed E-state index contributed by atoms with van der Waals surface area (Å²) >= 11 is 17.9. The predicted octanol–water partition coefficient (Wildman–Crippen LogP) is 4.44. The molecule has 28 heavy (non-hydrogen) atoms. The highest BCUT2D eigenvalue weighted by Gasteiger charge is 2.19. The minimum Gasteiger partial charge on any atom is -0.500 e. The normalized spacial score (nSPS) is 10.8. The Bertz CT molecular complexity index is 918. The van der Waals surface area contributed by atoms with Crippen molar-refractivity contribution in [3.8, 4) is 5.75 Å². The molecule has 2 rings (SSSR count). The number of esters is 1. The maximum atomic E-state index is 12.6. The fraction of sp³-hybridized carbons (Fsp3) is 0.111. The molecule has 0 aliphatic heterocycles. The molecule has 0 aliphatic rings. The van der Waals surface area contributed by atoms with Crippen LogP contribution in [0.5, 0.6) is 5.75 Å². The number of hydrogen-bond donors (Lipinski definition) is 2. The molecule has 2 aromatic carbocycles. The van der Waals surface area contributed by atoms with E-state index in [4.69, 9.17) is 44.3 Å². The molecular formula is C18H15Cl3N2O5. The fourth-order valence-corrected chi connectivity index (χ4v) is 2.62. The third-order valence-electron chi connectivity index (χ3n) is 3.26. The van der Waals surface area contributed by atoms with Gasteiger partial charge in [-0.1, -0.05) is 34.8 Å². The summed E-state index contributed by atoms with van der Waals surface area (Å²) in [5.74, 6) is -1.57. The smallest absolute Gasteiger partial charge is 0.377 e. The Morgan fingerprint density at radius 2 is 1.68 bits per heavy atom. The number of rotatable bonds is 7. The van der Waals surface area contributed by atoms with Gasteiger partial charge in [0, 0.05) is 10.0 Å². The zero-order valence-corrected chi connectivity index (χ0v) is 17.0. The summed E-state index contributed by atoms with van der Waals surface area (Å²) in [4.78, 5) is 24.4. The first kappa shape index (κ1) is 21.7. The van der Waals surface area contributed by atoms with E-state index in [0.29, 0.717) is 15.7 Å². The molecule has 0 radical (unpaired) electrons. The van der Waals surface area contributed by atoms with Gasteiger partial charge in [-0.2, -0.15) is 0 Å². The van der Waals surface area contributed by atoms with Crippen LogP contribution in [-0.4, -0.2) is 26.1 Å². The minimum atomic E-state index is -0.783. The summed E-state index contributed by atoms with van der Waals surface area (Å²) in [6.45, 7) is 0. The molecule has 10 heteroatoms. The standard InChI is InChI=1S/C18H15Cl3N2O5/c1-26-9-16(18(25)27-2)28-15-6-4-10(19)7-12(15)17(24)23-22-14-5-3-11(20)8-13(14)21/h3-9,22H,1-2H3,(H,23,24). The van der Waals surface area contributed by atoms with Gasteiger partial charge in [0.2, 0.25) is 5.76 Å². The average molecular weight is 446 g/mol. The van der Waals surface area contributed by atoms with Crippen LogP contribution in [0.4, 0.5) is 5.69 Å². The zero-order chi connectivity index (χ0) is 20.7. The lowest BCUT2D eigenvalue weighted by Crippen LogP contribution is -2.30.